The number of amides is 1. The van der Waals surface area contributed by atoms with Crippen LogP contribution >= 0.6 is 34.8 Å². The predicted molar refractivity (Wildman–Crippen MR) is 114 cm³/mol. The van der Waals surface area contributed by atoms with E-state index in [4.69, 9.17) is 39.5 Å². The van der Waals surface area contributed by atoms with Gasteiger partial charge in [0.25, 0.3) is 0 Å². The van der Waals surface area contributed by atoms with Gasteiger partial charge in [0.1, 0.15) is 16.6 Å². The minimum absolute atomic E-state index is 0.124. The van der Waals surface area contributed by atoms with Crippen molar-refractivity contribution in [1.29, 1.82) is 0 Å². The van der Waals surface area contributed by atoms with Gasteiger partial charge in [0.05, 0.1) is 10.4 Å². The molecule has 0 N–H and O–H groups in total. The second-order valence-electron chi connectivity index (χ2n) is 8.77. The Morgan fingerprint density at radius 1 is 1.10 bits per heavy atom. The Kier molecular flexibility index (Phi) is 5.20. The molecule has 1 spiro atoms. The predicted octanol–water partition coefficient (Wildman–Crippen LogP) is 4.82. The molecule has 2 saturated heterocycles. The molecule has 2 aliphatic heterocycles. The molecule has 0 saturated carbocycles. The minimum atomic E-state index is -0.477. The second kappa shape index (κ2) is 7.29. The summed E-state index contributed by atoms with van der Waals surface area (Å²) in [6.07, 6.45) is 1.66. The third-order valence-corrected chi connectivity index (χ3v) is 6.22. The Morgan fingerprint density at radius 2 is 1.76 bits per heavy atom. The first-order valence-electron chi connectivity index (χ1n) is 9.47. The monoisotopic (exact) mass is 457 g/mol. The summed E-state index contributed by atoms with van der Waals surface area (Å²) in [5, 5.41) is 1.39. The van der Waals surface area contributed by atoms with Gasteiger partial charge in [0.15, 0.2) is 5.65 Å². The van der Waals surface area contributed by atoms with E-state index in [2.05, 4.69) is 19.9 Å². The lowest BCUT2D eigenvalue weighted by molar-refractivity contribution is -0.0434. The van der Waals surface area contributed by atoms with E-state index in [-0.39, 0.29) is 21.9 Å². The SMILES string of the molecule is CC(C)(C)OC(=O)N1CC2(CCN(c3nc(Cl)nc4nc(Cl)c(Cl)cc34)CC2)C1. The number of carbonyl (C=O) groups excluding carboxylic acids is 1. The summed E-state index contributed by atoms with van der Waals surface area (Å²) in [6, 6.07) is 1.73. The molecule has 4 heterocycles. The minimum Gasteiger partial charge on any atom is -0.444 e. The van der Waals surface area contributed by atoms with E-state index in [1.807, 2.05) is 20.8 Å². The van der Waals surface area contributed by atoms with Gasteiger partial charge in [-0.1, -0.05) is 23.2 Å². The second-order valence-corrected chi connectivity index (χ2v) is 9.88. The molecule has 2 aromatic heterocycles. The van der Waals surface area contributed by atoms with Gasteiger partial charge in [-0.2, -0.15) is 9.97 Å². The molecule has 2 aromatic rings. The van der Waals surface area contributed by atoms with Crippen molar-refractivity contribution in [2.45, 2.75) is 39.2 Å². The van der Waals surface area contributed by atoms with Gasteiger partial charge in [0.2, 0.25) is 5.28 Å². The fourth-order valence-corrected chi connectivity index (χ4v) is 4.38. The summed E-state index contributed by atoms with van der Waals surface area (Å²) in [5.74, 6) is 0.712. The first kappa shape index (κ1) is 20.7. The summed E-state index contributed by atoms with van der Waals surface area (Å²) in [7, 11) is 0. The highest BCUT2D eigenvalue weighted by atomic mass is 35.5. The summed E-state index contributed by atoms with van der Waals surface area (Å²) >= 11 is 18.3. The zero-order valence-corrected chi connectivity index (χ0v) is 18.8. The van der Waals surface area contributed by atoms with Crippen LogP contribution in [0.25, 0.3) is 11.0 Å². The Hall–Kier alpha value is -1.57. The first-order valence-corrected chi connectivity index (χ1v) is 10.6. The molecule has 1 amide bonds. The number of nitrogens with zero attached hydrogens (tertiary/aromatic N) is 5. The molecule has 2 aliphatic rings. The average Bonchev–Trinajstić information content (AvgIpc) is 2.59. The lowest BCUT2D eigenvalue weighted by Gasteiger charge is -2.53. The molecule has 0 unspecified atom stereocenters. The molecule has 2 fully saturated rings. The van der Waals surface area contributed by atoms with Crippen LogP contribution in [-0.4, -0.2) is 57.7 Å². The molecule has 0 aliphatic carbocycles. The normalized spacial score (nSPS) is 18.8. The van der Waals surface area contributed by atoms with Crippen molar-refractivity contribution in [3.63, 3.8) is 0 Å². The number of halogens is 3. The molecule has 0 radical (unpaired) electrons. The maximum atomic E-state index is 12.2. The Morgan fingerprint density at radius 3 is 2.38 bits per heavy atom. The smallest absolute Gasteiger partial charge is 0.410 e. The van der Waals surface area contributed by atoms with E-state index in [0.29, 0.717) is 16.5 Å². The van der Waals surface area contributed by atoms with Crippen molar-refractivity contribution in [3.8, 4) is 0 Å². The van der Waals surface area contributed by atoms with E-state index in [1.54, 1.807) is 11.0 Å². The number of fused-ring (bicyclic) bond motifs is 1. The van der Waals surface area contributed by atoms with Crippen LogP contribution in [-0.2, 0) is 4.74 Å². The molecule has 4 rings (SSSR count). The standard InChI is InChI=1S/C19H22Cl3N5O2/c1-18(2,3)29-17(28)27-9-19(10-27)4-6-26(7-5-19)15-11-8-12(20)13(21)23-14(11)24-16(22)25-15/h8H,4-7,9-10H2,1-3H3. The summed E-state index contributed by atoms with van der Waals surface area (Å²) in [4.78, 5) is 29.0. The summed E-state index contributed by atoms with van der Waals surface area (Å²) < 4.78 is 5.46. The van der Waals surface area contributed by atoms with Gasteiger partial charge in [-0.05, 0) is 51.3 Å². The number of rotatable bonds is 1. The zero-order valence-electron chi connectivity index (χ0n) is 16.5. The molecule has 0 aromatic carbocycles. The number of carbonyl (C=O) groups is 1. The Balaban J connectivity index is 1.46. The van der Waals surface area contributed by atoms with Gasteiger partial charge in [-0.3, -0.25) is 0 Å². The highest BCUT2D eigenvalue weighted by molar-refractivity contribution is 6.41. The zero-order chi connectivity index (χ0) is 21.0. The molecule has 10 heteroatoms. The Labute approximate surface area is 184 Å². The fourth-order valence-electron chi connectivity index (χ4n) is 3.94. The van der Waals surface area contributed by atoms with Crippen molar-refractivity contribution in [2.24, 2.45) is 5.41 Å². The van der Waals surface area contributed by atoms with Gasteiger partial charge in [-0.15, -0.1) is 0 Å². The van der Waals surface area contributed by atoms with E-state index < -0.39 is 5.60 Å². The maximum absolute atomic E-state index is 12.2. The van der Waals surface area contributed by atoms with Crippen molar-refractivity contribution in [3.05, 3.63) is 21.5 Å². The van der Waals surface area contributed by atoms with Crippen molar-refractivity contribution >= 4 is 57.7 Å². The lowest BCUT2D eigenvalue weighted by Crippen LogP contribution is -2.62. The van der Waals surface area contributed by atoms with Crippen molar-refractivity contribution in [1.82, 2.24) is 19.9 Å². The fraction of sp³-hybridized carbons (Fsp3) is 0.579. The highest BCUT2D eigenvalue weighted by Crippen LogP contribution is 2.42. The van der Waals surface area contributed by atoms with E-state index >= 15 is 0 Å². The average molecular weight is 459 g/mol. The van der Waals surface area contributed by atoms with Crippen LogP contribution < -0.4 is 4.90 Å². The van der Waals surface area contributed by atoms with Crippen LogP contribution in [0, 0.1) is 5.41 Å². The lowest BCUT2D eigenvalue weighted by atomic mass is 9.72. The van der Waals surface area contributed by atoms with Crippen LogP contribution in [0.5, 0.6) is 0 Å². The third kappa shape index (κ3) is 4.18. The van der Waals surface area contributed by atoms with Gasteiger partial charge in [0, 0.05) is 31.6 Å². The number of hydrogen-bond donors (Lipinski definition) is 0. The van der Waals surface area contributed by atoms with Crippen LogP contribution in [0.2, 0.25) is 15.5 Å². The summed E-state index contributed by atoms with van der Waals surface area (Å²) in [6.45, 7) is 8.68. The number of hydrogen-bond acceptors (Lipinski definition) is 6. The quantitative estimate of drug-likeness (QED) is 0.450. The van der Waals surface area contributed by atoms with Gasteiger partial charge >= 0.3 is 6.09 Å². The molecule has 29 heavy (non-hydrogen) atoms. The number of aromatic nitrogens is 3. The van der Waals surface area contributed by atoms with Crippen molar-refractivity contribution in [2.75, 3.05) is 31.1 Å². The summed E-state index contributed by atoms with van der Waals surface area (Å²) in [5.41, 5.74) is 0.0861. The molecule has 0 atom stereocenters. The first-order chi connectivity index (χ1) is 13.6. The third-order valence-electron chi connectivity index (χ3n) is 5.38. The topological polar surface area (TPSA) is 71.5 Å². The number of pyridine rings is 1. The largest absolute Gasteiger partial charge is 0.444 e. The van der Waals surface area contributed by atoms with Crippen LogP contribution in [0.15, 0.2) is 6.07 Å². The highest BCUT2D eigenvalue weighted by Gasteiger charge is 2.48. The van der Waals surface area contributed by atoms with Crippen molar-refractivity contribution < 1.29 is 9.53 Å². The molecule has 156 valence electrons. The molecule has 7 nitrogen and oxygen atoms in total. The molecule has 0 bridgehead atoms. The number of ether oxygens (including phenoxy) is 1. The van der Waals surface area contributed by atoms with Gasteiger partial charge in [-0.25, -0.2) is 9.78 Å². The molecular weight excluding hydrogens is 437 g/mol. The Bertz CT molecular complexity index is 962. The van der Waals surface area contributed by atoms with E-state index in [0.717, 1.165) is 44.4 Å². The number of anilines is 1. The van der Waals surface area contributed by atoms with Crippen LogP contribution in [0.1, 0.15) is 33.6 Å². The maximum Gasteiger partial charge on any atom is 0.410 e. The van der Waals surface area contributed by atoms with Crippen LogP contribution in [0.4, 0.5) is 10.6 Å². The van der Waals surface area contributed by atoms with Gasteiger partial charge < -0.3 is 14.5 Å². The molecular formula is C19H22Cl3N5O2. The number of likely N-dealkylation sites (tertiary alicyclic amines) is 1. The van der Waals surface area contributed by atoms with E-state index in [1.165, 1.54) is 0 Å². The van der Waals surface area contributed by atoms with Crippen LogP contribution in [0.3, 0.4) is 0 Å². The number of piperidine rings is 1. The van der Waals surface area contributed by atoms with E-state index in [9.17, 15) is 4.79 Å².